The summed E-state index contributed by atoms with van der Waals surface area (Å²) in [5, 5.41) is 14.1. The maximum Gasteiger partial charge on any atom is 0.325 e. The minimum Gasteiger partial charge on any atom is -0.346 e. The van der Waals surface area contributed by atoms with Gasteiger partial charge in [0.2, 0.25) is 5.91 Å². The highest BCUT2D eigenvalue weighted by Gasteiger charge is 2.39. The Morgan fingerprint density at radius 1 is 1.23 bits per heavy atom. The van der Waals surface area contributed by atoms with Crippen LogP contribution in [0.5, 0.6) is 0 Å². The number of hydrogen-bond acceptors (Lipinski definition) is 5. The molecule has 4 rings (SSSR count). The van der Waals surface area contributed by atoms with Gasteiger partial charge in [-0.15, -0.1) is 10.2 Å². The molecule has 0 saturated carbocycles. The SMILES string of the molecule is C[C@H](NC(=O)CC1NC(=O)N(Cc2cccc(Cl)c2)C1=O)c1nnc2ccccn12. The molecule has 10 heteroatoms. The lowest BCUT2D eigenvalue weighted by atomic mass is 10.1. The molecule has 2 aromatic heterocycles. The largest absolute Gasteiger partial charge is 0.346 e. The molecule has 9 nitrogen and oxygen atoms in total. The summed E-state index contributed by atoms with van der Waals surface area (Å²) in [5.74, 6) is -0.252. The number of benzene rings is 1. The van der Waals surface area contributed by atoms with Gasteiger partial charge in [-0.05, 0) is 36.8 Å². The summed E-state index contributed by atoms with van der Waals surface area (Å²) >= 11 is 5.96. The molecule has 0 spiro atoms. The van der Waals surface area contributed by atoms with Crippen LogP contribution in [0.4, 0.5) is 4.79 Å². The smallest absolute Gasteiger partial charge is 0.325 e. The summed E-state index contributed by atoms with van der Waals surface area (Å²) < 4.78 is 1.78. The van der Waals surface area contributed by atoms with E-state index in [1.165, 1.54) is 0 Å². The number of fused-ring (bicyclic) bond motifs is 1. The molecule has 2 atom stereocenters. The number of hydrogen-bond donors (Lipinski definition) is 2. The van der Waals surface area contributed by atoms with Crippen LogP contribution in [0.3, 0.4) is 0 Å². The number of halogens is 1. The summed E-state index contributed by atoms with van der Waals surface area (Å²) in [7, 11) is 0. The van der Waals surface area contributed by atoms with E-state index in [2.05, 4.69) is 20.8 Å². The number of carbonyl (C=O) groups excluding carboxylic acids is 3. The fourth-order valence-electron chi connectivity index (χ4n) is 3.39. The number of nitrogens with zero attached hydrogens (tertiary/aromatic N) is 4. The van der Waals surface area contributed by atoms with Gasteiger partial charge >= 0.3 is 6.03 Å². The Balaban J connectivity index is 1.38. The van der Waals surface area contributed by atoms with Crippen molar-refractivity contribution in [2.24, 2.45) is 0 Å². The van der Waals surface area contributed by atoms with Crippen LogP contribution in [-0.2, 0) is 16.1 Å². The zero-order valence-corrected chi connectivity index (χ0v) is 16.8. The fourth-order valence-corrected chi connectivity index (χ4v) is 3.60. The molecule has 1 fully saturated rings. The quantitative estimate of drug-likeness (QED) is 0.586. The zero-order valence-electron chi connectivity index (χ0n) is 16.1. The van der Waals surface area contributed by atoms with E-state index in [4.69, 9.17) is 11.6 Å². The van der Waals surface area contributed by atoms with Crippen LogP contribution < -0.4 is 10.6 Å². The second-order valence-corrected chi connectivity index (χ2v) is 7.47. The number of pyridine rings is 1. The molecule has 4 amide bonds. The number of nitrogens with one attached hydrogen (secondary N) is 2. The summed E-state index contributed by atoms with van der Waals surface area (Å²) in [6, 6.07) is 10.5. The third-order valence-electron chi connectivity index (χ3n) is 4.83. The Morgan fingerprint density at radius 2 is 2.07 bits per heavy atom. The Hall–Kier alpha value is -3.46. The molecule has 3 aromatic rings. The van der Waals surface area contributed by atoms with Crippen LogP contribution in [0, 0.1) is 0 Å². The first kappa shape index (κ1) is 19.8. The molecular weight excluding hydrogens is 408 g/mol. The number of aromatic nitrogens is 3. The molecular formula is C20H19ClN6O3. The minimum absolute atomic E-state index is 0.0888. The Bertz CT molecular complexity index is 1130. The van der Waals surface area contributed by atoms with Gasteiger partial charge in [0.1, 0.15) is 6.04 Å². The molecule has 30 heavy (non-hydrogen) atoms. The van der Waals surface area contributed by atoms with Crippen LogP contribution in [0.25, 0.3) is 5.65 Å². The van der Waals surface area contributed by atoms with Crippen molar-refractivity contribution in [3.63, 3.8) is 0 Å². The summed E-state index contributed by atoms with van der Waals surface area (Å²) in [4.78, 5) is 38.4. The number of urea groups is 1. The van der Waals surface area contributed by atoms with Gasteiger partial charge in [0.05, 0.1) is 19.0 Å². The van der Waals surface area contributed by atoms with Crippen molar-refractivity contribution in [1.29, 1.82) is 0 Å². The van der Waals surface area contributed by atoms with Crippen molar-refractivity contribution >= 4 is 35.1 Å². The van der Waals surface area contributed by atoms with E-state index < -0.39 is 24.0 Å². The second-order valence-electron chi connectivity index (χ2n) is 7.04. The summed E-state index contributed by atoms with van der Waals surface area (Å²) in [6.07, 6.45) is 1.64. The molecule has 0 radical (unpaired) electrons. The van der Waals surface area contributed by atoms with Crippen LogP contribution in [-0.4, -0.2) is 43.4 Å². The minimum atomic E-state index is -0.918. The van der Waals surface area contributed by atoms with Crippen molar-refractivity contribution in [1.82, 2.24) is 30.1 Å². The molecule has 2 N–H and O–H groups in total. The average molecular weight is 427 g/mol. The van der Waals surface area contributed by atoms with E-state index in [1.54, 1.807) is 35.6 Å². The predicted molar refractivity (Wildman–Crippen MR) is 108 cm³/mol. The summed E-state index contributed by atoms with van der Waals surface area (Å²) in [6.45, 7) is 1.87. The van der Waals surface area contributed by atoms with Crippen molar-refractivity contribution in [2.45, 2.75) is 32.0 Å². The third kappa shape index (κ3) is 3.97. The molecule has 0 bridgehead atoms. The van der Waals surface area contributed by atoms with Gasteiger partial charge in [-0.2, -0.15) is 0 Å². The first-order valence-corrected chi connectivity index (χ1v) is 9.75. The van der Waals surface area contributed by atoms with Gasteiger partial charge in [-0.25, -0.2) is 4.79 Å². The van der Waals surface area contributed by atoms with E-state index in [0.29, 0.717) is 16.5 Å². The maximum absolute atomic E-state index is 12.6. The monoisotopic (exact) mass is 426 g/mol. The predicted octanol–water partition coefficient (Wildman–Crippen LogP) is 2.07. The third-order valence-corrected chi connectivity index (χ3v) is 5.07. The van der Waals surface area contributed by atoms with Crippen LogP contribution in [0.1, 0.15) is 30.8 Å². The van der Waals surface area contributed by atoms with Crippen molar-refractivity contribution in [3.8, 4) is 0 Å². The molecule has 1 aliphatic rings. The maximum atomic E-state index is 12.6. The summed E-state index contributed by atoms with van der Waals surface area (Å²) in [5.41, 5.74) is 1.40. The van der Waals surface area contributed by atoms with E-state index in [-0.39, 0.29) is 18.9 Å². The van der Waals surface area contributed by atoms with Crippen molar-refractivity contribution in [3.05, 3.63) is 65.1 Å². The number of rotatable bonds is 6. The number of amides is 4. The first-order valence-electron chi connectivity index (χ1n) is 9.37. The highest BCUT2D eigenvalue weighted by atomic mass is 35.5. The Kier molecular flexibility index (Phi) is 5.37. The molecule has 3 heterocycles. The normalized spacial score (nSPS) is 17.3. The molecule has 1 saturated heterocycles. The number of imide groups is 1. The molecule has 1 aromatic carbocycles. The van der Waals surface area contributed by atoms with Gasteiger partial charge < -0.3 is 10.6 Å². The van der Waals surface area contributed by atoms with E-state index >= 15 is 0 Å². The van der Waals surface area contributed by atoms with Crippen LogP contribution >= 0.6 is 11.6 Å². The van der Waals surface area contributed by atoms with E-state index in [1.807, 2.05) is 24.4 Å². The zero-order chi connectivity index (χ0) is 21.3. The van der Waals surface area contributed by atoms with Crippen molar-refractivity contribution < 1.29 is 14.4 Å². The van der Waals surface area contributed by atoms with Gasteiger partial charge in [0, 0.05) is 11.2 Å². The Labute approximate surface area is 177 Å². The molecule has 1 aliphatic heterocycles. The fraction of sp³-hybridized carbons (Fsp3) is 0.250. The standard InChI is InChI=1S/C20H19ClN6O3/c1-12(18-25-24-16-7-2-3-8-26(16)18)22-17(28)10-15-19(29)27(20(30)23-15)11-13-5-4-6-14(21)9-13/h2-9,12,15H,10-11H2,1H3,(H,22,28)(H,23,30)/t12-,15?/m0/s1. The van der Waals surface area contributed by atoms with E-state index in [0.717, 1.165) is 10.5 Å². The van der Waals surface area contributed by atoms with Gasteiger partial charge in [0.15, 0.2) is 11.5 Å². The second kappa shape index (κ2) is 8.11. The average Bonchev–Trinajstić information content (AvgIpc) is 3.25. The molecule has 1 unspecified atom stereocenters. The van der Waals surface area contributed by atoms with Gasteiger partial charge in [-0.1, -0.05) is 29.8 Å². The lowest BCUT2D eigenvalue weighted by Crippen LogP contribution is -2.37. The van der Waals surface area contributed by atoms with Crippen molar-refractivity contribution in [2.75, 3.05) is 0 Å². The Morgan fingerprint density at radius 3 is 2.87 bits per heavy atom. The van der Waals surface area contributed by atoms with Crippen LogP contribution in [0.15, 0.2) is 48.7 Å². The topological polar surface area (TPSA) is 109 Å². The highest BCUT2D eigenvalue weighted by molar-refractivity contribution is 6.30. The molecule has 0 aliphatic carbocycles. The lowest BCUT2D eigenvalue weighted by molar-refractivity contribution is -0.131. The van der Waals surface area contributed by atoms with Gasteiger partial charge in [-0.3, -0.25) is 18.9 Å². The van der Waals surface area contributed by atoms with Gasteiger partial charge in [0.25, 0.3) is 5.91 Å². The highest BCUT2D eigenvalue weighted by Crippen LogP contribution is 2.18. The number of carbonyl (C=O) groups is 3. The van der Waals surface area contributed by atoms with E-state index in [9.17, 15) is 14.4 Å². The lowest BCUT2D eigenvalue weighted by Gasteiger charge is -2.15. The van der Waals surface area contributed by atoms with Crippen LogP contribution in [0.2, 0.25) is 5.02 Å². The molecule has 154 valence electrons. The first-order chi connectivity index (χ1) is 14.4.